The monoisotopic (exact) mass is 367 g/mol. The normalized spacial score (nSPS) is 20.8. The Hall–Kier alpha value is -1.63. The maximum absolute atomic E-state index is 14.1. The topological polar surface area (TPSA) is 80.0 Å². The third-order valence-corrected chi connectivity index (χ3v) is 4.94. The number of aliphatic imine (C=N–C) groups is 2. The highest BCUT2D eigenvalue weighted by molar-refractivity contribution is 9.10. The Morgan fingerprint density at radius 2 is 1.91 bits per heavy atom. The van der Waals surface area contributed by atoms with Crippen molar-refractivity contribution in [2.45, 2.75) is 44.7 Å². The van der Waals surface area contributed by atoms with E-state index in [-0.39, 0.29) is 17.7 Å². The summed E-state index contributed by atoms with van der Waals surface area (Å²) < 4.78 is 14.5. The SMILES string of the molecule is Cc1cc(Br)c(F)cc1N1C(N)=NC(N)=NC12CCCCC2. The number of anilines is 1. The van der Waals surface area contributed by atoms with Crippen LogP contribution in [0.15, 0.2) is 26.6 Å². The molecule has 0 amide bonds. The molecule has 1 heterocycles. The summed E-state index contributed by atoms with van der Waals surface area (Å²) in [7, 11) is 0. The Kier molecular flexibility index (Phi) is 3.84. The van der Waals surface area contributed by atoms with Crippen LogP contribution in [0.2, 0.25) is 0 Å². The lowest BCUT2D eigenvalue weighted by Gasteiger charge is -2.46. The summed E-state index contributed by atoms with van der Waals surface area (Å²) in [6, 6.07) is 3.23. The van der Waals surface area contributed by atoms with Gasteiger partial charge < -0.3 is 11.5 Å². The first-order valence-corrected chi connectivity index (χ1v) is 8.18. The number of rotatable bonds is 1. The molecule has 118 valence electrons. The zero-order valence-electron chi connectivity index (χ0n) is 12.4. The molecular weight excluding hydrogens is 349 g/mol. The average molecular weight is 368 g/mol. The van der Waals surface area contributed by atoms with E-state index in [0.29, 0.717) is 10.2 Å². The summed E-state index contributed by atoms with van der Waals surface area (Å²) in [5.74, 6) is 0.145. The number of guanidine groups is 2. The molecule has 0 bridgehead atoms. The molecule has 0 unspecified atom stereocenters. The molecule has 0 saturated heterocycles. The van der Waals surface area contributed by atoms with Gasteiger partial charge in [0, 0.05) is 0 Å². The standard InChI is InChI=1S/C15H19BrFN5/c1-9-7-10(16)11(17)8-12(9)22-14(19)20-13(18)21-15(22)5-3-2-4-6-15/h7-8H,2-6H2,1H3,(H4,18,19,20,21). The fraction of sp³-hybridized carbons (Fsp3) is 0.467. The highest BCUT2D eigenvalue weighted by Crippen LogP contribution is 2.41. The van der Waals surface area contributed by atoms with Crippen molar-refractivity contribution in [1.82, 2.24) is 0 Å². The molecule has 3 rings (SSSR count). The van der Waals surface area contributed by atoms with Crippen molar-refractivity contribution >= 4 is 33.5 Å². The van der Waals surface area contributed by atoms with Crippen LogP contribution in [0.4, 0.5) is 10.1 Å². The van der Waals surface area contributed by atoms with Crippen molar-refractivity contribution in [1.29, 1.82) is 0 Å². The van der Waals surface area contributed by atoms with E-state index < -0.39 is 5.66 Å². The van der Waals surface area contributed by atoms with E-state index >= 15 is 0 Å². The largest absolute Gasteiger partial charge is 0.369 e. The summed E-state index contributed by atoms with van der Waals surface area (Å²) in [4.78, 5) is 10.5. The highest BCUT2D eigenvalue weighted by atomic mass is 79.9. The van der Waals surface area contributed by atoms with Gasteiger partial charge in [-0.3, -0.25) is 4.90 Å². The Morgan fingerprint density at radius 1 is 1.23 bits per heavy atom. The van der Waals surface area contributed by atoms with Gasteiger partial charge >= 0.3 is 0 Å². The Balaban J connectivity index is 2.14. The van der Waals surface area contributed by atoms with Crippen LogP contribution in [0, 0.1) is 12.7 Å². The third-order valence-electron chi connectivity index (χ3n) is 4.33. The smallest absolute Gasteiger partial charge is 0.220 e. The van der Waals surface area contributed by atoms with Gasteiger partial charge in [0.05, 0.1) is 10.2 Å². The highest BCUT2D eigenvalue weighted by Gasteiger charge is 2.43. The molecule has 1 aliphatic carbocycles. The summed E-state index contributed by atoms with van der Waals surface area (Å²) in [6.45, 7) is 1.92. The lowest BCUT2D eigenvalue weighted by Crippen LogP contribution is -2.58. The van der Waals surface area contributed by atoms with E-state index in [2.05, 4.69) is 25.9 Å². The Morgan fingerprint density at radius 3 is 2.59 bits per heavy atom. The molecular formula is C15H19BrFN5. The van der Waals surface area contributed by atoms with Crippen molar-refractivity contribution < 1.29 is 4.39 Å². The molecule has 1 saturated carbocycles. The van der Waals surface area contributed by atoms with Gasteiger partial charge in [-0.2, -0.15) is 4.99 Å². The first-order chi connectivity index (χ1) is 10.4. The Labute approximate surface area is 137 Å². The van der Waals surface area contributed by atoms with Gasteiger partial charge in [-0.05, 0) is 66.2 Å². The fourth-order valence-electron chi connectivity index (χ4n) is 3.35. The van der Waals surface area contributed by atoms with Crippen LogP contribution >= 0.6 is 15.9 Å². The number of halogens is 2. The molecule has 7 heteroatoms. The summed E-state index contributed by atoms with van der Waals surface area (Å²) in [5, 5.41) is 0. The summed E-state index contributed by atoms with van der Waals surface area (Å²) in [5.41, 5.74) is 13.0. The number of hydrogen-bond donors (Lipinski definition) is 2. The lowest BCUT2D eigenvalue weighted by atomic mass is 9.87. The van der Waals surface area contributed by atoms with Crippen LogP contribution in [-0.2, 0) is 0 Å². The molecule has 1 aliphatic heterocycles. The van der Waals surface area contributed by atoms with Crippen molar-refractivity contribution in [3.8, 4) is 0 Å². The van der Waals surface area contributed by atoms with Gasteiger partial charge in [-0.15, -0.1) is 0 Å². The minimum absolute atomic E-state index is 0.200. The number of benzene rings is 1. The predicted octanol–water partition coefficient (Wildman–Crippen LogP) is 3.01. The minimum Gasteiger partial charge on any atom is -0.369 e. The van der Waals surface area contributed by atoms with E-state index in [1.807, 2.05) is 11.8 Å². The van der Waals surface area contributed by atoms with E-state index in [9.17, 15) is 4.39 Å². The van der Waals surface area contributed by atoms with Crippen LogP contribution in [0.3, 0.4) is 0 Å². The second kappa shape index (κ2) is 5.53. The molecule has 22 heavy (non-hydrogen) atoms. The van der Waals surface area contributed by atoms with Crippen molar-refractivity contribution in [3.05, 3.63) is 28.0 Å². The Bertz CT molecular complexity index is 664. The molecule has 5 nitrogen and oxygen atoms in total. The maximum atomic E-state index is 14.1. The van der Waals surface area contributed by atoms with Crippen LogP contribution in [-0.4, -0.2) is 17.6 Å². The summed E-state index contributed by atoms with van der Waals surface area (Å²) >= 11 is 3.21. The van der Waals surface area contributed by atoms with E-state index in [1.54, 1.807) is 6.07 Å². The van der Waals surface area contributed by atoms with E-state index in [0.717, 1.165) is 37.7 Å². The van der Waals surface area contributed by atoms with E-state index in [1.165, 1.54) is 6.07 Å². The van der Waals surface area contributed by atoms with Crippen molar-refractivity contribution in [3.63, 3.8) is 0 Å². The third kappa shape index (κ3) is 2.47. The quantitative estimate of drug-likeness (QED) is 0.800. The molecule has 1 fully saturated rings. The van der Waals surface area contributed by atoms with Gasteiger partial charge in [-0.25, -0.2) is 9.38 Å². The van der Waals surface area contributed by atoms with Gasteiger partial charge in [0.2, 0.25) is 11.9 Å². The molecule has 1 spiro atoms. The number of hydrogen-bond acceptors (Lipinski definition) is 5. The van der Waals surface area contributed by atoms with Crippen LogP contribution < -0.4 is 16.4 Å². The van der Waals surface area contributed by atoms with Gasteiger partial charge in [0.15, 0.2) is 0 Å². The first kappa shape index (κ1) is 15.3. The summed E-state index contributed by atoms with van der Waals surface area (Å²) in [6.07, 6.45) is 4.91. The van der Waals surface area contributed by atoms with Crippen LogP contribution in [0.25, 0.3) is 0 Å². The average Bonchev–Trinajstić information content (AvgIpc) is 2.44. The molecule has 1 aromatic rings. The minimum atomic E-state index is -0.542. The predicted molar refractivity (Wildman–Crippen MR) is 90.4 cm³/mol. The van der Waals surface area contributed by atoms with Crippen molar-refractivity contribution in [2.24, 2.45) is 21.5 Å². The maximum Gasteiger partial charge on any atom is 0.220 e. The van der Waals surface area contributed by atoms with Crippen molar-refractivity contribution in [2.75, 3.05) is 4.90 Å². The number of nitrogens with two attached hydrogens (primary N) is 2. The van der Waals surface area contributed by atoms with Crippen LogP contribution in [0.1, 0.15) is 37.7 Å². The fourth-order valence-corrected chi connectivity index (χ4v) is 3.80. The first-order valence-electron chi connectivity index (χ1n) is 7.38. The van der Waals surface area contributed by atoms with Gasteiger partial charge in [0.25, 0.3) is 0 Å². The molecule has 0 atom stereocenters. The number of nitrogens with zero attached hydrogens (tertiary/aromatic N) is 3. The molecule has 1 aromatic carbocycles. The van der Waals surface area contributed by atoms with Gasteiger partial charge in [-0.1, -0.05) is 6.42 Å². The van der Waals surface area contributed by atoms with Gasteiger partial charge in [0.1, 0.15) is 11.5 Å². The van der Waals surface area contributed by atoms with Crippen LogP contribution in [0.5, 0.6) is 0 Å². The second-order valence-corrected chi connectivity index (χ2v) is 6.73. The zero-order valence-corrected chi connectivity index (χ0v) is 14.0. The molecule has 2 aliphatic rings. The molecule has 0 radical (unpaired) electrons. The molecule has 0 aromatic heterocycles. The second-order valence-electron chi connectivity index (χ2n) is 5.87. The zero-order chi connectivity index (χ0) is 15.9. The number of aryl methyl sites for hydroxylation is 1. The lowest BCUT2D eigenvalue weighted by molar-refractivity contribution is 0.305. The van der Waals surface area contributed by atoms with E-state index in [4.69, 9.17) is 11.5 Å². The molecule has 4 N–H and O–H groups in total.